The summed E-state index contributed by atoms with van der Waals surface area (Å²) in [5, 5.41) is 18.1. The van der Waals surface area contributed by atoms with Crippen LogP contribution in [0.25, 0.3) is 5.65 Å². The minimum Gasteiger partial charge on any atom is -0.481 e. The first-order valence-electron chi connectivity index (χ1n) is 11.7. The summed E-state index contributed by atoms with van der Waals surface area (Å²) in [5.74, 6) is -4.94. The Morgan fingerprint density at radius 2 is 1.79 bits per heavy atom. The molecule has 1 aliphatic rings. The number of amides is 2. The van der Waals surface area contributed by atoms with Crippen molar-refractivity contribution in [3.05, 3.63) is 76.3 Å². The van der Waals surface area contributed by atoms with Gasteiger partial charge in [0, 0.05) is 19.2 Å². The van der Waals surface area contributed by atoms with Crippen molar-refractivity contribution in [1.82, 2.24) is 25.2 Å². The zero-order valence-electron chi connectivity index (χ0n) is 20.4. The molecule has 1 atom stereocenters. The van der Waals surface area contributed by atoms with Crippen molar-refractivity contribution in [2.45, 2.75) is 38.9 Å². The number of nitrogens with zero attached hydrogens (tertiary/aromatic N) is 3. The maximum absolute atomic E-state index is 14.3. The minimum atomic E-state index is -4.93. The molecular formula is C25H22F5N5O4. The molecule has 1 aliphatic carbocycles. The van der Waals surface area contributed by atoms with E-state index in [1.165, 1.54) is 0 Å². The number of fused-ring (bicyclic) bond motifs is 1. The normalized spacial score (nSPS) is 17.5. The second-order valence-corrected chi connectivity index (χ2v) is 9.36. The molecule has 0 saturated carbocycles. The van der Waals surface area contributed by atoms with Gasteiger partial charge in [-0.25, -0.2) is 18.3 Å². The highest BCUT2D eigenvalue weighted by Gasteiger charge is 2.35. The van der Waals surface area contributed by atoms with Crippen molar-refractivity contribution in [1.29, 1.82) is 0 Å². The lowest BCUT2D eigenvalue weighted by molar-refractivity contribution is -0.148. The molecule has 1 unspecified atom stereocenters. The van der Waals surface area contributed by atoms with Crippen LogP contribution < -0.4 is 10.6 Å². The molecule has 0 aliphatic heterocycles. The molecule has 2 amide bonds. The van der Waals surface area contributed by atoms with E-state index in [0.717, 1.165) is 28.4 Å². The summed E-state index contributed by atoms with van der Waals surface area (Å²) >= 11 is 0. The molecule has 3 N–H and O–H groups in total. The first kappa shape index (κ1) is 27.7. The largest absolute Gasteiger partial charge is 0.481 e. The van der Waals surface area contributed by atoms with Crippen LogP contribution >= 0.6 is 0 Å². The van der Waals surface area contributed by atoms with Gasteiger partial charge in [0.25, 0.3) is 11.8 Å². The summed E-state index contributed by atoms with van der Waals surface area (Å²) in [5.41, 5.74) is -2.69. The van der Waals surface area contributed by atoms with Crippen LogP contribution in [0.5, 0.6) is 0 Å². The van der Waals surface area contributed by atoms with Gasteiger partial charge in [-0.2, -0.15) is 18.3 Å². The van der Waals surface area contributed by atoms with Gasteiger partial charge in [0.2, 0.25) is 0 Å². The number of benzene rings is 1. The number of carbonyl (C=O) groups is 3. The van der Waals surface area contributed by atoms with Crippen LogP contribution in [-0.4, -0.2) is 44.0 Å². The van der Waals surface area contributed by atoms with Gasteiger partial charge >= 0.3 is 12.1 Å². The van der Waals surface area contributed by atoms with Crippen molar-refractivity contribution in [2.24, 2.45) is 5.41 Å². The van der Waals surface area contributed by atoms with E-state index in [-0.39, 0.29) is 17.8 Å². The lowest BCUT2D eigenvalue weighted by Gasteiger charge is -2.28. The molecule has 9 nitrogen and oxygen atoms in total. The zero-order valence-corrected chi connectivity index (χ0v) is 20.4. The number of aliphatic carboxylic acids is 1. The summed E-state index contributed by atoms with van der Waals surface area (Å²) in [4.78, 5) is 40.9. The van der Waals surface area contributed by atoms with Gasteiger partial charge in [-0.1, -0.05) is 17.7 Å². The van der Waals surface area contributed by atoms with E-state index < -0.39 is 64.5 Å². The Labute approximate surface area is 217 Å². The average Bonchev–Trinajstić information content (AvgIpc) is 3.26. The fourth-order valence-corrected chi connectivity index (χ4v) is 4.04. The average molecular weight is 551 g/mol. The number of carboxylic acids is 1. The van der Waals surface area contributed by atoms with E-state index in [9.17, 15) is 41.4 Å². The molecule has 0 radical (unpaired) electrons. The summed E-state index contributed by atoms with van der Waals surface area (Å²) in [6.07, 6.45) is -1.27. The lowest BCUT2D eigenvalue weighted by atomic mass is 9.76. The smallest absolute Gasteiger partial charge is 0.419 e. The van der Waals surface area contributed by atoms with Crippen LogP contribution in [0.2, 0.25) is 0 Å². The molecule has 0 fully saturated rings. The van der Waals surface area contributed by atoms with Gasteiger partial charge < -0.3 is 15.7 Å². The first-order valence-corrected chi connectivity index (χ1v) is 11.7. The minimum absolute atomic E-state index is 0.0496. The Bertz CT molecular complexity index is 1500. The molecule has 4 rings (SSSR count). The number of alkyl halides is 3. The molecule has 39 heavy (non-hydrogen) atoms. The number of nitrogens with one attached hydrogen (secondary N) is 2. The predicted molar refractivity (Wildman–Crippen MR) is 126 cm³/mol. The Morgan fingerprint density at radius 3 is 2.44 bits per heavy atom. The third kappa shape index (κ3) is 5.89. The third-order valence-electron chi connectivity index (χ3n) is 6.51. The molecule has 0 spiro atoms. The molecular weight excluding hydrogens is 529 g/mol. The first-order chi connectivity index (χ1) is 18.3. The zero-order chi connectivity index (χ0) is 28.5. The molecule has 206 valence electrons. The second kappa shape index (κ2) is 10.4. The van der Waals surface area contributed by atoms with E-state index in [1.807, 2.05) is 0 Å². The van der Waals surface area contributed by atoms with Gasteiger partial charge in [0.15, 0.2) is 11.5 Å². The number of rotatable bonds is 7. The van der Waals surface area contributed by atoms with Crippen LogP contribution in [-0.2, 0) is 17.5 Å². The van der Waals surface area contributed by atoms with E-state index in [0.29, 0.717) is 31.4 Å². The molecule has 2 aromatic heterocycles. The fourth-order valence-electron chi connectivity index (χ4n) is 4.04. The van der Waals surface area contributed by atoms with E-state index in [1.54, 1.807) is 13.0 Å². The summed E-state index contributed by atoms with van der Waals surface area (Å²) < 4.78 is 67.6. The maximum Gasteiger partial charge on any atom is 0.419 e. The number of aromatic nitrogens is 3. The quantitative estimate of drug-likeness (QED) is 0.302. The Balaban J connectivity index is 1.50. The van der Waals surface area contributed by atoms with Gasteiger partial charge in [-0.3, -0.25) is 14.4 Å². The van der Waals surface area contributed by atoms with E-state index >= 15 is 0 Å². The number of allylic oxidation sites excluding steroid dienone is 1. The van der Waals surface area contributed by atoms with Crippen LogP contribution in [0.15, 0.2) is 42.1 Å². The van der Waals surface area contributed by atoms with Gasteiger partial charge in [-0.05, 0) is 43.9 Å². The summed E-state index contributed by atoms with van der Waals surface area (Å²) in [6.45, 7) is 1.29. The van der Waals surface area contributed by atoms with Crippen molar-refractivity contribution < 1.29 is 41.4 Å². The highest BCUT2D eigenvalue weighted by atomic mass is 19.4. The van der Waals surface area contributed by atoms with Crippen LogP contribution in [0, 0.1) is 17.0 Å². The summed E-state index contributed by atoms with van der Waals surface area (Å²) in [6, 6.07) is 3.30. The third-order valence-corrected chi connectivity index (χ3v) is 6.51. The number of halogens is 5. The Hall–Kier alpha value is -4.36. The number of carbonyl (C=O) groups excluding carboxylic acids is 2. The fraction of sp³-hybridized carbons (Fsp3) is 0.320. The van der Waals surface area contributed by atoms with Crippen molar-refractivity contribution >= 4 is 23.4 Å². The van der Waals surface area contributed by atoms with Crippen LogP contribution in [0.3, 0.4) is 0 Å². The molecule has 1 aromatic carbocycles. The molecule has 2 heterocycles. The topological polar surface area (TPSA) is 126 Å². The lowest BCUT2D eigenvalue weighted by Crippen LogP contribution is -2.33. The highest BCUT2D eigenvalue weighted by Crippen LogP contribution is 2.35. The molecule has 14 heteroatoms. The summed E-state index contributed by atoms with van der Waals surface area (Å²) in [7, 11) is 0. The number of carboxylic acid groups (broad SMARTS) is 1. The number of hydrogen-bond donors (Lipinski definition) is 3. The Kier molecular flexibility index (Phi) is 7.39. The van der Waals surface area contributed by atoms with Gasteiger partial charge in [-0.15, -0.1) is 0 Å². The van der Waals surface area contributed by atoms with Crippen molar-refractivity contribution in [3.63, 3.8) is 0 Å². The Morgan fingerprint density at radius 1 is 1.08 bits per heavy atom. The predicted octanol–water partition coefficient (Wildman–Crippen LogP) is 3.89. The van der Waals surface area contributed by atoms with Gasteiger partial charge in [0.05, 0.1) is 17.2 Å². The van der Waals surface area contributed by atoms with Crippen molar-refractivity contribution in [2.75, 3.05) is 6.54 Å². The van der Waals surface area contributed by atoms with E-state index in [2.05, 4.69) is 20.7 Å². The number of hydrogen-bond acceptors (Lipinski definition) is 5. The monoisotopic (exact) mass is 551 g/mol. The van der Waals surface area contributed by atoms with Crippen molar-refractivity contribution in [3.8, 4) is 0 Å². The second-order valence-electron chi connectivity index (χ2n) is 9.36. The van der Waals surface area contributed by atoms with E-state index in [4.69, 9.17) is 0 Å². The molecule has 0 saturated heterocycles. The highest BCUT2D eigenvalue weighted by molar-refractivity contribution is 5.98. The maximum atomic E-state index is 14.3. The molecule has 0 bridgehead atoms. The standard InChI is InChI=1S/C25H22F5N5O4/c1-24(23(38)39)6-4-13(5-7-24)10-32-22(37)19-9-18(34-20-17(27)12-33-35(19)20)21(36)31-11-14-2-3-16(26)15(8-14)25(28,29)30/h2-4,8-9,12H,5-7,10-11H2,1H3,(H,31,36)(H,32,37)(H,38,39). The van der Waals surface area contributed by atoms with Gasteiger partial charge in [0.1, 0.15) is 17.2 Å². The molecule has 3 aromatic rings. The van der Waals surface area contributed by atoms with Crippen LogP contribution in [0.4, 0.5) is 22.0 Å². The van der Waals surface area contributed by atoms with Crippen LogP contribution in [0.1, 0.15) is 58.3 Å². The SMILES string of the molecule is CC1(C(=O)O)CC=C(CNC(=O)c2cc(C(=O)NCc3ccc(F)c(C(F)(F)F)c3)nc3c(F)cnn23)CC1.